The predicted octanol–water partition coefficient (Wildman–Crippen LogP) is 4.64. The van der Waals surface area contributed by atoms with Crippen LogP contribution in [0.4, 0.5) is 5.69 Å². The number of rotatable bonds is 5. The van der Waals surface area contributed by atoms with E-state index in [1.807, 2.05) is 91.0 Å². The van der Waals surface area contributed by atoms with Gasteiger partial charge in [-0.3, -0.25) is 4.79 Å². The Bertz CT molecular complexity index is 1280. The molecule has 0 saturated heterocycles. The highest BCUT2D eigenvalue weighted by Gasteiger charge is 2.19. The molecule has 2 heterocycles. The van der Waals surface area contributed by atoms with Crippen molar-refractivity contribution >= 4 is 11.6 Å². The first-order valence-electron chi connectivity index (χ1n) is 10.0. The highest BCUT2D eigenvalue weighted by Crippen LogP contribution is 2.21. The van der Waals surface area contributed by atoms with E-state index in [2.05, 4.69) is 25.4 Å². The first-order valence-corrected chi connectivity index (χ1v) is 10.0. The van der Waals surface area contributed by atoms with E-state index < -0.39 is 5.91 Å². The summed E-state index contributed by atoms with van der Waals surface area (Å²) < 4.78 is 1.67. The highest BCUT2D eigenvalue weighted by atomic mass is 16.2. The maximum atomic E-state index is 12.9. The fourth-order valence-electron chi connectivity index (χ4n) is 3.25. The standard InChI is InChI=1S/C25H18N6O/c32-25(28-20-16-26-22(27-17-20)18-10-4-1-5-11-18)23-29-24(19-12-6-2-7-13-19)31(30-23)21-14-8-3-9-15-21/h1-17H,(H,28,32). The van der Waals surface area contributed by atoms with Crippen LogP contribution in [0.15, 0.2) is 103 Å². The van der Waals surface area contributed by atoms with Crippen molar-refractivity contribution in [3.63, 3.8) is 0 Å². The largest absolute Gasteiger partial charge is 0.317 e. The minimum Gasteiger partial charge on any atom is -0.317 e. The summed E-state index contributed by atoms with van der Waals surface area (Å²) in [5, 5.41) is 7.25. The number of aromatic nitrogens is 5. The number of hydrogen-bond acceptors (Lipinski definition) is 5. The third kappa shape index (κ3) is 3.99. The Morgan fingerprint density at radius 1 is 0.719 bits per heavy atom. The molecule has 0 aliphatic rings. The maximum Gasteiger partial charge on any atom is 0.295 e. The van der Waals surface area contributed by atoms with Crippen LogP contribution in [0.5, 0.6) is 0 Å². The number of benzene rings is 3. The van der Waals surface area contributed by atoms with E-state index in [1.165, 1.54) is 0 Å². The molecular weight excluding hydrogens is 400 g/mol. The summed E-state index contributed by atoms with van der Waals surface area (Å²) in [5.41, 5.74) is 3.04. The van der Waals surface area contributed by atoms with Gasteiger partial charge in [0, 0.05) is 11.1 Å². The zero-order chi connectivity index (χ0) is 21.8. The highest BCUT2D eigenvalue weighted by molar-refractivity contribution is 6.01. The predicted molar refractivity (Wildman–Crippen MR) is 122 cm³/mol. The van der Waals surface area contributed by atoms with E-state index in [-0.39, 0.29) is 5.82 Å². The Labute approximate surface area is 184 Å². The van der Waals surface area contributed by atoms with E-state index in [4.69, 9.17) is 0 Å². The van der Waals surface area contributed by atoms with E-state index in [9.17, 15) is 4.79 Å². The van der Waals surface area contributed by atoms with Crippen LogP contribution in [0.2, 0.25) is 0 Å². The second kappa shape index (κ2) is 8.61. The lowest BCUT2D eigenvalue weighted by molar-refractivity contribution is 0.101. The Morgan fingerprint density at radius 2 is 1.28 bits per heavy atom. The molecule has 2 aromatic heterocycles. The van der Waals surface area contributed by atoms with E-state index in [0.717, 1.165) is 16.8 Å². The van der Waals surface area contributed by atoms with Gasteiger partial charge in [-0.1, -0.05) is 78.9 Å². The number of amides is 1. The van der Waals surface area contributed by atoms with Crippen LogP contribution in [0, 0.1) is 0 Å². The van der Waals surface area contributed by atoms with E-state index in [0.29, 0.717) is 17.3 Å². The SMILES string of the molecule is O=C(Nc1cnc(-c2ccccc2)nc1)c1nc(-c2ccccc2)n(-c2ccccc2)n1. The van der Waals surface area contributed by atoms with Gasteiger partial charge in [0.2, 0.25) is 5.82 Å². The van der Waals surface area contributed by atoms with E-state index in [1.54, 1.807) is 17.1 Å². The molecule has 1 N–H and O–H groups in total. The van der Waals surface area contributed by atoms with Gasteiger partial charge in [-0.2, -0.15) is 0 Å². The average Bonchev–Trinajstić information content (AvgIpc) is 3.32. The molecule has 3 aromatic carbocycles. The Kier molecular flexibility index (Phi) is 5.20. The Hall–Kier alpha value is -4.65. The van der Waals surface area contributed by atoms with Crippen LogP contribution in [0.25, 0.3) is 28.5 Å². The summed E-state index contributed by atoms with van der Waals surface area (Å²) in [5.74, 6) is 0.784. The first-order chi connectivity index (χ1) is 15.8. The fraction of sp³-hybridized carbons (Fsp3) is 0. The van der Waals surface area contributed by atoms with Crippen molar-refractivity contribution in [1.29, 1.82) is 0 Å². The molecular formula is C25H18N6O. The lowest BCUT2D eigenvalue weighted by Gasteiger charge is -2.05. The quantitative estimate of drug-likeness (QED) is 0.449. The summed E-state index contributed by atoms with van der Waals surface area (Å²) in [6.45, 7) is 0. The molecule has 0 bridgehead atoms. The van der Waals surface area contributed by atoms with Crippen molar-refractivity contribution in [3.8, 4) is 28.5 Å². The van der Waals surface area contributed by atoms with Gasteiger partial charge >= 0.3 is 0 Å². The van der Waals surface area contributed by atoms with Crippen molar-refractivity contribution in [2.45, 2.75) is 0 Å². The summed E-state index contributed by atoms with van der Waals surface area (Å²) in [7, 11) is 0. The molecule has 32 heavy (non-hydrogen) atoms. The minimum atomic E-state index is -0.437. The van der Waals surface area contributed by atoms with Gasteiger partial charge in [0.25, 0.3) is 5.91 Å². The Balaban J connectivity index is 1.43. The fourth-order valence-corrected chi connectivity index (χ4v) is 3.25. The third-order valence-electron chi connectivity index (χ3n) is 4.78. The van der Waals surface area contributed by atoms with Gasteiger partial charge in [-0.25, -0.2) is 19.6 Å². The zero-order valence-electron chi connectivity index (χ0n) is 17.0. The van der Waals surface area contributed by atoms with Crippen molar-refractivity contribution < 1.29 is 4.79 Å². The molecule has 0 atom stereocenters. The lowest BCUT2D eigenvalue weighted by Crippen LogP contribution is -2.14. The maximum absolute atomic E-state index is 12.9. The second-order valence-corrected chi connectivity index (χ2v) is 6.99. The third-order valence-corrected chi connectivity index (χ3v) is 4.78. The zero-order valence-corrected chi connectivity index (χ0v) is 17.0. The van der Waals surface area contributed by atoms with Gasteiger partial charge in [-0.05, 0) is 12.1 Å². The second-order valence-electron chi connectivity index (χ2n) is 6.99. The molecule has 154 valence electrons. The number of para-hydroxylation sites is 1. The number of nitrogens with one attached hydrogen (secondary N) is 1. The van der Waals surface area contributed by atoms with Gasteiger partial charge < -0.3 is 5.32 Å². The normalized spacial score (nSPS) is 10.6. The molecule has 7 nitrogen and oxygen atoms in total. The van der Waals surface area contributed by atoms with Gasteiger partial charge in [0.1, 0.15) is 0 Å². The van der Waals surface area contributed by atoms with Crippen LogP contribution in [0.1, 0.15) is 10.6 Å². The van der Waals surface area contributed by atoms with Gasteiger partial charge in [0.15, 0.2) is 11.6 Å². The topological polar surface area (TPSA) is 85.6 Å². The van der Waals surface area contributed by atoms with Gasteiger partial charge in [-0.15, -0.1) is 5.10 Å². The Morgan fingerprint density at radius 3 is 1.91 bits per heavy atom. The first kappa shape index (κ1) is 19.3. The molecule has 0 spiro atoms. The number of carbonyl (C=O) groups is 1. The molecule has 0 saturated carbocycles. The molecule has 7 heteroatoms. The van der Waals surface area contributed by atoms with Crippen LogP contribution in [0.3, 0.4) is 0 Å². The lowest BCUT2D eigenvalue weighted by atomic mass is 10.2. The average molecular weight is 418 g/mol. The molecule has 0 aliphatic carbocycles. The summed E-state index contributed by atoms with van der Waals surface area (Å²) in [6, 6.07) is 28.9. The molecule has 5 rings (SSSR count). The molecule has 5 aromatic rings. The number of anilines is 1. The van der Waals surface area contributed by atoms with Crippen LogP contribution >= 0.6 is 0 Å². The van der Waals surface area contributed by atoms with Gasteiger partial charge in [0.05, 0.1) is 23.8 Å². The number of nitrogens with zero attached hydrogens (tertiary/aromatic N) is 5. The summed E-state index contributed by atoms with van der Waals surface area (Å²) >= 11 is 0. The molecule has 1 amide bonds. The number of carbonyl (C=O) groups excluding carboxylic acids is 1. The monoisotopic (exact) mass is 418 g/mol. The summed E-state index contributed by atoms with van der Waals surface area (Å²) in [6.07, 6.45) is 3.14. The minimum absolute atomic E-state index is 0.0554. The van der Waals surface area contributed by atoms with Crippen molar-refractivity contribution in [1.82, 2.24) is 24.7 Å². The van der Waals surface area contributed by atoms with E-state index >= 15 is 0 Å². The van der Waals surface area contributed by atoms with Crippen molar-refractivity contribution in [3.05, 3.63) is 109 Å². The van der Waals surface area contributed by atoms with Crippen LogP contribution < -0.4 is 5.32 Å². The summed E-state index contributed by atoms with van der Waals surface area (Å²) in [4.78, 5) is 26.1. The molecule has 0 aliphatic heterocycles. The number of hydrogen-bond donors (Lipinski definition) is 1. The molecule has 0 radical (unpaired) electrons. The van der Waals surface area contributed by atoms with Crippen LogP contribution in [-0.4, -0.2) is 30.6 Å². The molecule has 0 unspecified atom stereocenters. The van der Waals surface area contributed by atoms with Crippen molar-refractivity contribution in [2.24, 2.45) is 0 Å². The smallest absolute Gasteiger partial charge is 0.295 e. The van der Waals surface area contributed by atoms with Crippen LogP contribution in [-0.2, 0) is 0 Å². The van der Waals surface area contributed by atoms with Crippen molar-refractivity contribution in [2.75, 3.05) is 5.32 Å². The molecule has 0 fully saturated rings.